The lowest BCUT2D eigenvalue weighted by molar-refractivity contribution is -0.141. The number of nitrogens with zero attached hydrogens (tertiary/aromatic N) is 5. The van der Waals surface area contributed by atoms with Gasteiger partial charge in [-0.25, -0.2) is 24.3 Å². The van der Waals surface area contributed by atoms with Gasteiger partial charge in [0.25, 0.3) is 5.91 Å². The highest BCUT2D eigenvalue weighted by molar-refractivity contribution is 6.00. The van der Waals surface area contributed by atoms with Crippen LogP contribution in [-0.4, -0.2) is 49.4 Å². The second kappa shape index (κ2) is 8.05. The number of carbonyl (C=O) groups excluding carboxylic acids is 1. The third kappa shape index (κ3) is 3.98. The standard InChI is InChI=1S/C22H18F4N6O/c23-14-4-1-3-13(20-27-5-2-6-28-20)19(14)21(33)32-11-12-7-15(16(32)8-12)31-18-10-29-17(9-30-18)22(24,25)26/h1-6,9-10,12,15-16H,7-8,11H2,(H,30,31)/t12-,15+,16-/m0/s1. The Morgan fingerprint density at radius 2 is 1.82 bits per heavy atom. The number of amides is 1. The quantitative estimate of drug-likeness (QED) is 0.599. The number of piperidine rings is 1. The molecule has 33 heavy (non-hydrogen) atoms. The van der Waals surface area contributed by atoms with E-state index < -0.39 is 23.6 Å². The summed E-state index contributed by atoms with van der Waals surface area (Å²) in [5.41, 5.74) is -0.862. The Labute approximate surface area is 185 Å². The number of likely N-dealkylation sites (tertiary alicyclic amines) is 1. The van der Waals surface area contributed by atoms with Gasteiger partial charge in [0.15, 0.2) is 11.5 Å². The molecule has 0 unspecified atom stereocenters. The van der Waals surface area contributed by atoms with Crippen LogP contribution >= 0.6 is 0 Å². The molecular weight excluding hydrogens is 440 g/mol. The van der Waals surface area contributed by atoms with Gasteiger partial charge in [-0.3, -0.25) is 4.79 Å². The Hall–Kier alpha value is -3.63. The number of rotatable bonds is 4. The summed E-state index contributed by atoms with van der Waals surface area (Å²) in [5, 5.41) is 3.09. The first kappa shape index (κ1) is 21.2. The van der Waals surface area contributed by atoms with Crippen LogP contribution in [-0.2, 0) is 6.18 Å². The molecule has 5 rings (SSSR count). The molecule has 0 radical (unpaired) electrons. The highest BCUT2D eigenvalue weighted by Gasteiger charge is 2.48. The van der Waals surface area contributed by atoms with Gasteiger partial charge in [-0.05, 0) is 30.9 Å². The van der Waals surface area contributed by atoms with Crippen LogP contribution in [0.15, 0.2) is 49.1 Å². The zero-order chi connectivity index (χ0) is 23.2. The van der Waals surface area contributed by atoms with E-state index in [-0.39, 0.29) is 35.2 Å². The van der Waals surface area contributed by atoms with Crippen LogP contribution in [0, 0.1) is 11.7 Å². The molecule has 1 amide bonds. The number of fused-ring (bicyclic) bond motifs is 2. The van der Waals surface area contributed by atoms with Gasteiger partial charge in [-0.2, -0.15) is 13.2 Å². The molecule has 0 spiro atoms. The fourth-order valence-corrected chi connectivity index (χ4v) is 4.66. The van der Waals surface area contributed by atoms with Gasteiger partial charge < -0.3 is 10.2 Å². The molecular formula is C22H18F4N6O. The van der Waals surface area contributed by atoms with E-state index in [4.69, 9.17) is 0 Å². The number of halogens is 4. The summed E-state index contributed by atoms with van der Waals surface area (Å²) in [6.45, 7) is 0.476. The Kier molecular flexibility index (Phi) is 5.18. The molecule has 2 aliphatic rings. The minimum Gasteiger partial charge on any atom is -0.364 e. The SMILES string of the molecule is O=C(c1c(F)cccc1-c1ncccn1)N1C[C@H]2C[C@@H](Nc3cnc(C(F)(F)F)cn3)[C@@H]1C2. The molecule has 2 fully saturated rings. The van der Waals surface area contributed by atoms with Crippen LogP contribution in [0.1, 0.15) is 28.9 Å². The lowest BCUT2D eigenvalue weighted by atomic mass is 10.0. The first-order chi connectivity index (χ1) is 15.8. The summed E-state index contributed by atoms with van der Waals surface area (Å²) in [6.07, 6.45) is 1.61. The predicted molar refractivity (Wildman–Crippen MR) is 109 cm³/mol. The van der Waals surface area contributed by atoms with Crippen molar-refractivity contribution >= 4 is 11.7 Å². The van der Waals surface area contributed by atoms with Crippen LogP contribution in [0.25, 0.3) is 11.4 Å². The molecule has 1 aromatic carbocycles. The smallest absolute Gasteiger partial charge is 0.364 e. The zero-order valence-corrected chi connectivity index (χ0v) is 17.1. The summed E-state index contributed by atoms with van der Waals surface area (Å²) >= 11 is 0. The van der Waals surface area contributed by atoms with Crippen molar-refractivity contribution in [2.75, 3.05) is 11.9 Å². The highest BCUT2D eigenvalue weighted by atomic mass is 19.4. The van der Waals surface area contributed by atoms with E-state index in [0.717, 1.165) is 12.6 Å². The Balaban J connectivity index is 1.38. The fraction of sp³-hybridized carbons (Fsp3) is 0.318. The monoisotopic (exact) mass is 458 g/mol. The Bertz CT molecular complexity index is 1170. The van der Waals surface area contributed by atoms with Crippen LogP contribution < -0.4 is 5.32 Å². The van der Waals surface area contributed by atoms with Crippen molar-refractivity contribution in [2.45, 2.75) is 31.1 Å². The van der Waals surface area contributed by atoms with Crippen LogP contribution in [0.4, 0.5) is 23.4 Å². The van der Waals surface area contributed by atoms with Gasteiger partial charge in [0.1, 0.15) is 11.6 Å². The first-order valence-corrected chi connectivity index (χ1v) is 10.3. The van der Waals surface area contributed by atoms with E-state index in [0.29, 0.717) is 24.7 Å². The molecule has 1 N–H and O–H groups in total. The Morgan fingerprint density at radius 3 is 2.48 bits per heavy atom. The number of nitrogens with one attached hydrogen (secondary N) is 1. The van der Waals surface area contributed by atoms with E-state index in [9.17, 15) is 22.4 Å². The summed E-state index contributed by atoms with van der Waals surface area (Å²) in [6, 6.07) is 5.47. The van der Waals surface area contributed by atoms with Gasteiger partial charge in [0, 0.05) is 30.5 Å². The number of benzene rings is 1. The molecule has 2 aromatic heterocycles. The number of anilines is 1. The van der Waals surface area contributed by atoms with Crippen molar-refractivity contribution in [3.8, 4) is 11.4 Å². The summed E-state index contributed by atoms with van der Waals surface area (Å²) in [5.74, 6) is -0.488. The van der Waals surface area contributed by atoms with E-state index in [1.807, 2.05) is 0 Å². The topological polar surface area (TPSA) is 83.9 Å². The average Bonchev–Trinajstić information content (AvgIpc) is 3.39. The molecule has 1 saturated heterocycles. The van der Waals surface area contributed by atoms with Crippen molar-refractivity contribution in [1.29, 1.82) is 0 Å². The van der Waals surface area contributed by atoms with Crippen molar-refractivity contribution in [1.82, 2.24) is 24.8 Å². The van der Waals surface area contributed by atoms with E-state index in [1.54, 1.807) is 17.0 Å². The lowest BCUT2D eigenvalue weighted by Gasteiger charge is -2.34. The second-order valence-corrected chi connectivity index (χ2v) is 8.13. The molecule has 7 nitrogen and oxygen atoms in total. The molecule has 3 aromatic rings. The third-order valence-electron chi connectivity index (χ3n) is 6.05. The fourth-order valence-electron chi connectivity index (χ4n) is 4.66. The molecule has 1 aliphatic carbocycles. The molecule has 170 valence electrons. The number of aromatic nitrogens is 4. The zero-order valence-electron chi connectivity index (χ0n) is 17.1. The van der Waals surface area contributed by atoms with E-state index in [2.05, 4.69) is 25.3 Å². The molecule has 3 atom stereocenters. The number of hydrogen-bond donors (Lipinski definition) is 1. The third-order valence-corrected chi connectivity index (χ3v) is 6.05. The van der Waals surface area contributed by atoms with Crippen molar-refractivity contribution in [2.24, 2.45) is 5.92 Å². The average molecular weight is 458 g/mol. The van der Waals surface area contributed by atoms with E-state index in [1.165, 1.54) is 24.5 Å². The van der Waals surface area contributed by atoms with Gasteiger partial charge in [0.2, 0.25) is 0 Å². The van der Waals surface area contributed by atoms with Gasteiger partial charge in [-0.15, -0.1) is 0 Å². The molecule has 11 heteroatoms. The maximum atomic E-state index is 14.8. The molecule has 3 heterocycles. The molecule has 1 saturated carbocycles. The second-order valence-electron chi connectivity index (χ2n) is 8.13. The highest BCUT2D eigenvalue weighted by Crippen LogP contribution is 2.40. The molecule has 1 aliphatic heterocycles. The van der Waals surface area contributed by atoms with Gasteiger partial charge in [0.05, 0.1) is 24.0 Å². The number of carbonyl (C=O) groups is 1. The lowest BCUT2D eigenvalue weighted by Crippen LogP contribution is -2.48. The summed E-state index contributed by atoms with van der Waals surface area (Å²) < 4.78 is 53.0. The largest absolute Gasteiger partial charge is 0.434 e. The van der Waals surface area contributed by atoms with E-state index >= 15 is 0 Å². The van der Waals surface area contributed by atoms with Crippen LogP contribution in [0.3, 0.4) is 0 Å². The predicted octanol–water partition coefficient (Wildman–Crippen LogP) is 3.81. The first-order valence-electron chi connectivity index (χ1n) is 10.3. The Morgan fingerprint density at radius 1 is 1.03 bits per heavy atom. The van der Waals surface area contributed by atoms with Crippen LogP contribution in [0.5, 0.6) is 0 Å². The van der Waals surface area contributed by atoms with Crippen molar-refractivity contribution in [3.05, 3.63) is 66.1 Å². The normalized spacial score (nSPS) is 21.9. The van der Waals surface area contributed by atoms with Crippen molar-refractivity contribution < 1.29 is 22.4 Å². The number of hydrogen-bond acceptors (Lipinski definition) is 6. The maximum Gasteiger partial charge on any atom is 0.434 e. The minimum absolute atomic E-state index is 0.0932. The van der Waals surface area contributed by atoms with Crippen molar-refractivity contribution in [3.63, 3.8) is 0 Å². The van der Waals surface area contributed by atoms with Gasteiger partial charge in [-0.1, -0.05) is 12.1 Å². The van der Waals surface area contributed by atoms with Crippen LogP contribution in [0.2, 0.25) is 0 Å². The summed E-state index contributed by atoms with van der Waals surface area (Å²) in [7, 11) is 0. The minimum atomic E-state index is -4.57. The maximum absolute atomic E-state index is 14.8. The molecule has 2 bridgehead atoms. The van der Waals surface area contributed by atoms with Gasteiger partial charge >= 0.3 is 6.18 Å². The number of alkyl halides is 3. The summed E-state index contributed by atoms with van der Waals surface area (Å²) in [4.78, 5) is 30.6.